The van der Waals surface area contributed by atoms with Gasteiger partial charge in [-0.3, -0.25) is 0 Å². The first-order chi connectivity index (χ1) is 9.40. The summed E-state index contributed by atoms with van der Waals surface area (Å²) >= 11 is 0. The zero-order chi connectivity index (χ0) is 15.2. The van der Waals surface area contributed by atoms with Gasteiger partial charge in [-0.1, -0.05) is 39.8 Å². The Morgan fingerprint density at radius 1 is 1.05 bits per heavy atom. The molecule has 0 fully saturated rings. The molecule has 2 nitrogen and oxygen atoms in total. The topological polar surface area (TPSA) is 21.3 Å². The molecule has 0 aliphatic carbocycles. The Morgan fingerprint density at radius 3 is 2.05 bits per heavy atom. The molecule has 1 rings (SSSR count). The predicted octanol–water partition coefficient (Wildman–Crippen LogP) is 4.95. The second kappa shape index (κ2) is 7.68. The molecule has 0 radical (unpaired) electrons. The van der Waals surface area contributed by atoms with Gasteiger partial charge >= 0.3 is 0 Å². The fraction of sp³-hybridized carbons (Fsp3) is 0.667. The third-order valence-corrected chi connectivity index (χ3v) is 4.09. The molecule has 1 aromatic rings. The fourth-order valence-electron chi connectivity index (χ4n) is 2.18. The van der Waals surface area contributed by atoms with Gasteiger partial charge in [0.2, 0.25) is 0 Å². The summed E-state index contributed by atoms with van der Waals surface area (Å²) in [6.07, 6.45) is 2.28. The highest BCUT2D eigenvalue weighted by molar-refractivity contribution is 5.29. The van der Waals surface area contributed by atoms with Crippen LogP contribution in [0.2, 0.25) is 0 Å². The molecule has 0 saturated heterocycles. The Morgan fingerprint density at radius 2 is 1.60 bits per heavy atom. The van der Waals surface area contributed by atoms with Crippen LogP contribution in [0.5, 0.6) is 5.75 Å². The summed E-state index contributed by atoms with van der Waals surface area (Å²) in [6.45, 7) is 14.1. The van der Waals surface area contributed by atoms with Crippen molar-refractivity contribution in [2.75, 3.05) is 6.61 Å². The lowest BCUT2D eigenvalue weighted by atomic mass is 9.93. The van der Waals surface area contributed by atoms with E-state index in [2.05, 4.69) is 71.1 Å². The lowest BCUT2D eigenvalue weighted by molar-refractivity contribution is 0.270. The first-order valence-electron chi connectivity index (χ1n) is 7.90. The normalized spacial score (nSPS) is 13.6. The van der Waals surface area contributed by atoms with E-state index in [0.717, 1.165) is 25.2 Å². The van der Waals surface area contributed by atoms with Crippen LogP contribution in [0.4, 0.5) is 0 Å². The molecule has 0 aromatic heterocycles. The van der Waals surface area contributed by atoms with Crippen LogP contribution in [-0.2, 0) is 0 Å². The van der Waals surface area contributed by atoms with Gasteiger partial charge in [0.05, 0.1) is 6.61 Å². The number of ether oxygens (including phenoxy) is 1. The third-order valence-electron chi connectivity index (χ3n) is 4.09. The van der Waals surface area contributed by atoms with Crippen molar-refractivity contribution in [1.82, 2.24) is 5.32 Å². The summed E-state index contributed by atoms with van der Waals surface area (Å²) in [5.74, 6) is 1.52. The van der Waals surface area contributed by atoms with Gasteiger partial charge in [0.15, 0.2) is 0 Å². The SMILES string of the molecule is CCC(C)(CC)NC(C)c1ccc(OCC(C)C)cc1. The molecule has 2 heteroatoms. The average molecular weight is 277 g/mol. The van der Waals surface area contributed by atoms with Crippen LogP contribution in [0.25, 0.3) is 0 Å². The first-order valence-corrected chi connectivity index (χ1v) is 7.90. The lowest BCUT2D eigenvalue weighted by Crippen LogP contribution is -2.42. The van der Waals surface area contributed by atoms with Crippen LogP contribution in [0.3, 0.4) is 0 Å². The van der Waals surface area contributed by atoms with E-state index in [1.807, 2.05) is 0 Å². The lowest BCUT2D eigenvalue weighted by Gasteiger charge is -2.32. The van der Waals surface area contributed by atoms with Gasteiger partial charge in [-0.05, 0) is 50.3 Å². The van der Waals surface area contributed by atoms with Crippen molar-refractivity contribution in [3.63, 3.8) is 0 Å². The summed E-state index contributed by atoms with van der Waals surface area (Å²) < 4.78 is 5.73. The molecule has 0 spiro atoms. The van der Waals surface area contributed by atoms with Crippen molar-refractivity contribution in [2.45, 2.75) is 66.0 Å². The molecule has 1 N–H and O–H groups in total. The number of hydrogen-bond donors (Lipinski definition) is 1. The van der Waals surface area contributed by atoms with Crippen LogP contribution in [0, 0.1) is 5.92 Å². The molecule has 0 bridgehead atoms. The maximum Gasteiger partial charge on any atom is 0.119 e. The van der Waals surface area contributed by atoms with Crippen molar-refractivity contribution in [2.24, 2.45) is 5.92 Å². The second-order valence-corrected chi connectivity index (χ2v) is 6.41. The smallest absolute Gasteiger partial charge is 0.119 e. The van der Waals surface area contributed by atoms with Gasteiger partial charge in [-0.2, -0.15) is 0 Å². The maximum atomic E-state index is 5.73. The molecule has 20 heavy (non-hydrogen) atoms. The highest BCUT2D eigenvalue weighted by Gasteiger charge is 2.21. The van der Waals surface area contributed by atoms with Gasteiger partial charge in [-0.25, -0.2) is 0 Å². The fourth-order valence-corrected chi connectivity index (χ4v) is 2.18. The monoisotopic (exact) mass is 277 g/mol. The highest BCUT2D eigenvalue weighted by Crippen LogP contribution is 2.23. The Labute approximate surface area is 124 Å². The van der Waals surface area contributed by atoms with Gasteiger partial charge < -0.3 is 10.1 Å². The van der Waals surface area contributed by atoms with Gasteiger partial charge in [0, 0.05) is 11.6 Å². The van der Waals surface area contributed by atoms with E-state index in [1.54, 1.807) is 0 Å². The average Bonchev–Trinajstić information content (AvgIpc) is 2.45. The quantitative estimate of drug-likeness (QED) is 0.726. The Hall–Kier alpha value is -1.02. The van der Waals surface area contributed by atoms with E-state index >= 15 is 0 Å². The zero-order valence-electron chi connectivity index (χ0n) is 14.0. The highest BCUT2D eigenvalue weighted by atomic mass is 16.5. The molecule has 0 heterocycles. The second-order valence-electron chi connectivity index (χ2n) is 6.41. The van der Waals surface area contributed by atoms with Crippen LogP contribution < -0.4 is 10.1 Å². The minimum atomic E-state index is 0.215. The van der Waals surface area contributed by atoms with E-state index < -0.39 is 0 Å². The number of rotatable bonds is 8. The first kappa shape index (κ1) is 17.0. The van der Waals surface area contributed by atoms with E-state index in [0.29, 0.717) is 12.0 Å². The minimum absolute atomic E-state index is 0.215. The summed E-state index contributed by atoms with van der Waals surface area (Å²) in [5.41, 5.74) is 1.53. The summed E-state index contributed by atoms with van der Waals surface area (Å²) in [6, 6.07) is 8.84. The van der Waals surface area contributed by atoms with Crippen molar-refractivity contribution < 1.29 is 4.74 Å². The van der Waals surface area contributed by atoms with E-state index in [1.165, 1.54) is 5.56 Å². The number of nitrogens with one attached hydrogen (secondary N) is 1. The zero-order valence-corrected chi connectivity index (χ0v) is 14.0. The minimum Gasteiger partial charge on any atom is -0.493 e. The van der Waals surface area contributed by atoms with Crippen molar-refractivity contribution in [3.05, 3.63) is 29.8 Å². The predicted molar refractivity (Wildman–Crippen MR) is 87.3 cm³/mol. The van der Waals surface area contributed by atoms with Crippen molar-refractivity contribution in [3.8, 4) is 5.75 Å². The standard InChI is InChI=1S/C18H31NO/c1-7-18(6,8-2)19-15(5)16-9-11-17(12-10-16)20-13-14(3)4/h9-12,14-15,19H,7-8,13H2,1-6H3. The summed E-state index contributed by atoms with van der Waals surface area (Å²) in [7, 11) is 0. The van der Waals surface area contributed by atoms with Gasteiger partial charge in [0.25, 0.3) is 0 Å². The molecular weight excluding hydrogens is 246 g/mol. The molecule has 0 aliphatic rings. The van der Waals surface area contributed by atoms with Crippen LogP contribution >= 0.6 is 0 Å². The Bertz CT molecular complexity index is 379. The maximum absolute atomic E-state index is 5.73. The van der Waals surface area contributed by atoms with Crippen molar-refractivity contribution >= 4 is 0 Å². The number of benzene rings is 1. The van der Waals surface area contributed by atoms with E-state index in [-0.39, 0.29) is 5.54 Å². The Kier molecular flexibility index (Phi) is 6.54. The number of hydrogen-bond acceptors (Lipinski definition) is 2. The van der Waals surface area contributed by atoms with Gasteiger partial charge in [0.1, 0.15) is 5.75 Å². The van der Waals surface area contributed by atoms with E-state index in [4.69, 9.17) is 4.74 Å². The van der Waals surface area contributed by atoms with Crippen LogP contribution in [0.1, 0.15) is 66.0 Å². The van der Waals surface area contributed by atoms with Gasteiger partial charge in [-0.15, -0.1) is 0 Å². The largest absolute Gasteiger partial charge is 0.493 e. The molecule has 114 valence electrons. The Balaban J connectivity index is 2.63. The molecule has 0 amide bonds. The van der Waals surface area contributed by atoms with E-state index in [9.17, 15) is 0 Å². The molecule has 1 atom stereocenters. The van der Waals surface area contributed by atoms with Crippen LogP contribution in [0.15, 0.2) is 24.3 Å². The molecule has 0 saturated carbocycles. The summed E-state index contributed by atoms with van der Waals surface area (Å²) in [5, 5.41) is 3.74. The van der Waals surface area contributed by atoms with Crippen molar-refractivity contribution in [1.29, 1.82) is 0 Å². The molecular formula is C18H31NO. The summed E-state index contributed by atoms with van der Waals surface area (Å²) in [4.78, 5) is 0. The van der Waals surface area contributed by atoms with Crippen LogP contribution in [-0.4, -0.2) is 12.1 Å². The molecule has 0 aliphatic heterocycles. The third kappa shape index (κ3) is 5.16. The molecule has 1 unspecified atom stereocenters. The molecule has 1 aromatic carbocycles.